The molecule has 2 N–H and O–H groups in total. The highest BCUT2D eigenvalue weighted by Gasteiger charge is 2.08. The topological polar surface area (TPSA) is 61.3 Å². The fourth-order valence-corrected chi connectivity index (χ4v) is 1.22. The van der Waals surface area contributed by atoms with E-state index in [1.54, 1.807) is 7.11 Å². The van der Waals surface area contributed by atoms with E-state index in [0.717, 1.165) is 5.52 Å². The quantitative estimate of drug-likeness (QED) is 0.752. The number of methoxy groups -OCH3 is 1. The van der Waals surface area contributed by atoms with Crippen molar-refractivity contribution < 1.29 is 9.15 Å². The number of ether oxygens (including phenoxy) is 1. The Bertz CT molecular complexity index is 422. The molecular formula is C9H10N2O2. The highest BCUT2D eigenvalue weighted by molar-refractivity contribution is 5.79. The molecule has 0 aliphatic carbocycles. The zero-order valence-corrected chi connectivity index (χ0v) is 7.28. The van der Waals surface area contributed by atoms with Gasteiger partial charge in [-0.2, -0.15) is 0 Å². The van der Waals surface area contributed by atoms with Crippen molar-refractivity contribution in [3.8, 4) is 5.75 Å². The molecule has 2 aromatic rings. The average molecular weight is 178 g/mol. The third-order valence-electron chi connectivity index (χ3n) is 1.82. The first kappa shape index (κ1) is 8.07. The molecule has 68 valence electrons. The van der Waals surface area contributed by atoms with E-state index in [-0.39, 0.29) is 0 Å². The van der Waals surface area contributed by atoms with Gasteiger partial charge in [0.2, 0.25) is 5.89 Å². The van der Waals surface area contributed by atoms with Gasteiger partial charge in [0.05, 0.1) is 13.7 Å². The van der Waals surface area contributed by atoms with Gasteiger partial charge in [-0.3, -0.25) is 0 Å². The first-order chi connectivity index (χ1) is 6.35. The van der Waals surface area contributed by atoms with Crippen molar-refractivity contribution in [1.82, 2.24) is 4.98 Å². The number of nitrogens with zero attached hydrogens (tertiary/aromatic N) is 1. The lowest BCUT2D eigenvalue weighted by Gasteiger charge is -1.97. The minimum Gasteiger partial charge on any atom is -0.493 e. The maximum Gasteiger partial charge on any atom is 0.209 e. The lowest BCUT2D eigenvalue weighted by Crippen LogP contribution is -1.94. The van der Waals surface area contributed by atoms with Crippen molar-refractivity contribution in [2.24, 2.45) is 5.73 Å². The molecule has 0 fully saturated rings. The van der Waals surface area contributed by atoms with Gasteiger partial charge in [-0.15, -0.1) is 0 Å². The molecule has 4 nitrogen and oxygen atoms in total. The van der Waals surface area contributed by atoms with Crippen LogP contribution in [0.3, 0.4) is 0 Å². The summed E-state index contributed by atoms with van der Waals surface area (Å²) in [6.45, 7) is 0.303. The predicted molar refractivity (Wildman–Crippen MR) is 48.5 cm³/mol. The number of fused-ring (bicyclic) bond motifs is 1. The van der Waals surface area contributed by atoms with Gasteiger partial charge in [0.1, 0.15) is 5.52 Å². The zero-order valence-electron chi connectivity index (χ0n) is 7.28. The van der Waals surface area contributed by atoms with Crippen molar-refractivity contribution in [3.05, 3.63) is 24.1 Å². The second-order valence-electron chi connectivity index (χ2n) is 2.62. The Morgan fingerprint density at radius 3 is 3.08 bits per heavy atom. The molecule has 1 heterocycles. The van der Waals surface area contributed by atoms with E-state index in [9.17, 15) is 0 Å². The molecule has 0 unspecified atom stereocenters. The van der Waals surface area contributed by atoms with Gasteiger partial charge in [0, 0.05) is 0 Å². The van der Waals surface area contributed by atoms with Crippen LogP contribution >= 0.6 is 0 Å². The van der Waals surface area contributed by atoms with Gasteiger partial charge >= 0.3 is 0 Å². The Hall–Kier alpha value is -1.55. The summed E-state index contributed by atoms with van der Waals surface area (Å²) in [5, 5.41) is 0. The molecule has 1 aromatic carbocycles. The molecule has 1 aromatic heterocycles. The molecular weight excluding hydrogens is 168 g/mol. The summed E-state index contributed by atoms with van der Waals surface area (Å²) in [6, 6.07) is 5.55. The molecule has 0 atom stereocenters. The number of hydrogen-bond acceptors (Lipinski definition) is 4. The van der Waals surface area contributed by atoms with Crippen molar-refractivity contribution >= 4 is 11.1 Å². The number of aromatic nitrogens is 1. The van der Waals surface area contributed by atoms with Crippen LogP contribution in [0.2, 0.25) is 0 Å². The lowest BCUT2D eigenvalue weighted by atomic mass is 10.3. The van der Waals surface area contributed by atoms with E-state index in [1.165, 1.54) is 0 Å². The van der Waals surface area contributed by atoms with Crippen LogP contribution in [0.1, 0.15) is 5.89 Å². The van der Waals surface area contributed by atoms with Crippen LogP contribution in [-0.4, -0.2) is 12.1 Å². The largest absolute Gasteiger partial charge is 0.493 e. The summed E-state index contributed by atoms with van der Waals surface area (Å²) >= 11 is 0. The third kappa shape index (κ3) is 1.25. The SMILES string of the molecule is COc1cccc2nc(CN)oc12. The van der Waals surface area contributed by atoms with Gasteiger partial charge in [-0.05, 0) is 12.1 Å². The summed E-state index contributed by atoms with van der Waals surface area (Å²) in [5.41, 5.74) is 6.84. The van der Waals surface area contributed by atoms with Crippen molar-refractivity contribution in [3.63, 3.8) is 0 Å². The number of nitrogens with two attached hydrogens (primary N) is 1. The van der Waals surface area contributed by atoms with Gasteiger partial charge in [0.15, 0.2) is 11.3 Å². The van der Waals surface area contributed by atoms with Crippen molar-refractivity contribution in [1.29, 1.82) is 0 Å². The number of oxazole rings is 1. The van der Waals surface area contributed by atoms with E-state index in [0.29, 0.717) is 23.8 Å². The fourth-order valence-electron chi connectivity index (χ4n) is 1.22. The molecule has 0 radical (unpaired) electrons. The fraction of sp³-hybridized carbons (Fsp3) is 0.222. The Morgan fingerprint density at radius 2 is 2.38 bits per heavy atom. The van der Waals surface area contributed by atoms with Crippen LogP contribution < -0.4 is 10.5 Å². The Kier molecular flexibility index (Phi) is 1.90. The Balaban J connectivity index is 2.67. The highest BCUT2D eigenvalue weighted by atomic mass is 16.5. The zero-order chi connectivity index (χ0) is 9.26. The number of benzene rings is 1. The normalized spacial score (nSPS) is 10.6. The second kappa shape index (κ2) is 3.06. The summed E-state index contributed by atoms with van der Waals surface area (Å²) < 4.78 is 10.5. The molecule has 0 amide bonds. The summed E-state index contributed by atoms with van der Waals surface area (Å²) in [4.78, 5) is 4.17. The number of rotatable bonds is 2. The molecule has 4 heteroatoms. The lowest BCUT2D eigenvalue weighted by molar-refractivity contribution is 0.407. The minimum absolute atomic E-state index is 0.303. The maximum atomic E-state index is 5.41. The predicted octanol–water partition coefficient (Wildman–Crippen LogP) is 1.30. The molecule has 2 rings (SSSR count). The number of para-hydroxylation sites is 1. The molecule has 0 bridgehead atoms. The second-order valence-corrected chi connectivity index (χ2v) is 2.62. The summed E-state index contributed by atoms with van der Waals surface area (Å²) in [5.74, 6) is 1.21. The monoisotopic (exact) mass is 178 g/mol. The van der Waals surface area contributed by atoms with Gasteiger partial charge < -0.3 is 14.9 Å². The molecule has 0 saturated carbocycles. The van der Waals surface area contributed by atoms with Crippen molar-refractivity contribution in [2.75, 3.05) is 7.11 Å². The van der Waals surface area contributed by atoms with Crippen LogP contribution in [0.5, 0.6) is 5.75 Å². The third-order valence-corrected chi connectivity index (χ3v) is 1.82. The molecule has 0 aliphatic heterocycles. The van der Waals surface area contributed by atoms with Crippen LogP contribution in [0.15, 0.2) is 22.6 Å². The van der Waals surface area contributed by atoms with E-state index in [1.807, 2.05) is 18.2 Å². The van der Waals surface area contributed by atoms with Crippen LogP contribution in [0.4, 0.5) is 0 Å². The Morgan fingerprint density at radius 1 is 1.54 bits per heavy atom. The summed E-state index contributed by atoms with van der Waals surface area (Å²) in [7, 11) is 1.60. The van der Waals surface area contributed by atoms with Crippen molar-refractivity contribution in [2.45, 2.75) is 6.54 Å². The minimum atomic E-state index is 0.303. The summed E-state index contributed by atoms with van der Waals surface area (Å²) in [6.07, 6.45) is 0. The standard InChI is InChI=1S/C9H10N2O2/c1-12-7-4-2-3-6-9(7)13-8(5-10)11-6/h2-4H,5,10H2,1H3. The van der Waals surface area contributed by atoms with E-state index in [2.05, 4.69) is 4.98 Å². The van der Waals surface area contributed by atoms with E-state index < -0.39 is 0 Å². The van der Waals surface area contributed by atoms with Crippen LogP contribution in [0.25, 0.3) is 11.1 Å². The molecule has 0 aliphatic rings. The average Bonchev–Trinajstić information content (AvgIpc) is 2.59. The van der Waals surface area contributed by atoms with Gasteiger partial charge in [-0.25, -0.2) is 4.98 Å². The first-order valence-electron chi connectivity index (χ1n) is 3.97. The first-order valence-corrected chi connectivity index (χ1v) is 3.97. The maximum absolute atomic E-state index is 5.41. The Labute approximate surface area is 75.3 Å². The molecule has 13 heavy (non-hydrogen) atoms. The molecule has 0 saturated heterocycles. The van der Waals surface area contributed by atoms with E-state index in [4.69, 9.17) is 14.9 Å². The highest BCUT2D eigenvalue weighted by Crippen LogP contribution is 2.25. The van der Waals surface area contributed by atoms with Gasteiger partial charge in [0.25, 0.3) is 0 Å². The molecule has 0 spiro atoms. The van der Waals surface area contributed by atoms with E-state index >= 15 is 0 Å². The van der Waals surface area contributed by atoms with Crippen LogP contribution in [-0.2, 0) is 6.54 Å². The van der Waals surface area contributed by atoms with Gasteiger partial charge in [-0.1, -0.05) is 6.07 Å². The number of hydrogen-bond donors (Lipinski definition) is 1. The smallest absolute Gasteiger partial charge is 0.209 e. The van der Waals surface area contributed by atoms with Crippen LogP contribution in [0, 0.1) is 0 Å².